The van der Waals surface area contributed by atoms with Crippen molar-refractivity contribution in [2.75, 3.05) is 6.54 Å². The zero-order chi connectivity index (χ0) is 13.5. The molecule has 0 spiro atoms. The molecule has 0 saturated heterocycles. The summed E-state index contributed by atoms with van der Waals surface area (Å²) >= 11 is 0. The van der Waals surface area contributed by atoms with Gasteiger partial charge in [-0.3, -0.25) is 0 Å². The molecule has 0 aliphatic rings. The third-order valence-electron chi connectivity index (χ3n) is 3.91. The van der Waals surface area contributed by atoms with E-state index in [1.54, 1.807) is 0 Å². The second kappa shape index (κ2) is 7.58. The lowest BCUT2D eigenvalue weighted by Crippen LogP contribution is -2.24. The van der Waals surface area contributed by atoms with Crippen LogP contribution in [0.3, 0.4) is 0 Å². The van der Waals surface area contributed by atoms with Gasteiger partial charge in [-0.05, 0) is 55.8 Å². The molecule has 1 nitrogen and oxygen atoms in total. The molecule has 0 heterocycles. The zero-order valence-corrected chi connectivity index (χ0v) is 12.7. The molecular formula is C17H29N. The van der Waals surface area contributed by atoms with Crippen LogP contribution in [0.4, 0.5) is 0 Å². The largest absolute Gasteiger partial charge is 0.310 e. The first-order valence-electron chi connectivity index (χ1n) is 7.39. The Morgan fingerprint density at radius 3 is 2.39 bits per heavy atom. The summed E-state index contributed by atoms with van der Waals surface area (Å²) in [4.78, 5) is 0. The van der Waals surface area contributed by atoms with Gasteiger partial charge in [0.25, 0.3) is 0 Å². The summed E-state index contributed by atoms with van der Waals surface area (Å²) in [5.74, 6) is 0.779. The SMILES string of the molecule is CCCNC(CC(C)CC)c1ccc(C)c(C)c1. The van der Waals surface area contributed by atoms with Crippen molar-refractivity contribution in [1.82, 2.24) is 5.32 Å². The fraction of sp³-hybridized carbons (Fsp3) is 0.647. The van der Waals surface area contributed by atoms with Gasteiger partial charge in [0.1, 0.15) is 0 Å². The molecule has 2 atom stereocenters. The Morgan fingerprint density at radius 2 is 1.83 bits per heavy atom. The summed E-state index contributed by atoms with van der Waals surface area (Å²) in [6.45, 7) is 12.4. The van der Waals surface area contributed by atoms with Gasteiger partial charge >= 0.3 is 0 Å². The van der Waals surface area contributed by atoms with Crippen LogP contribution in [0.5, 0.6) is 0 Å². The molecule has 102 valence electrons. The van der Waals surface area contributed by atoms with Gasteiger partial charge in [-0.1, -0.05) is 45.4 Å². The lowest BCUT2D eigenvalue weighted by molar-refractivity contribution is 0.402. The molecule has 1 N–H and O–H groups in total. The Bertz CT molecular complexity index is 357. The van der Waals surface area contributed by atoms with Crippen molar-refractivity contribution >= 4 is 0 Å². The van der Waals surface area contributed by atoms with E-state index in [0.29, 0.717) is 6.04 Å². The maximum absolute atomic E-state index is 3.70. The number of hydrogen-bond acceptors (Lipinski definition) is 1. The maximum atomic E-state index is 3.70. The summed E-state index contributed by atoms with van der Waals surface area (Å²) in [5, 5.41) is 3.70. The van der Waals surface area contributed by atoms with Crippen LogP contribution < -0.4 is 5.32 Å². The molecule has 1 aromatic rings. The van der Waals surface area contributed by atoms with Gasteiger partial charge in [0.2, 0.25) is 0 Å². The standard InChI is InChI=1S/C17H29N/c1-6-10-18-17(11-13(3)7-2)16-9-8-14(4)15(5)12-16/h8-9,12-13,17-18H,6-7,10-11H2,1-5H3. The normalized spacial score (nSPS) is 14.5. The van der Waals surface area contributed by atoms with Gasteiger partial charge in [-0.25, -0.2) is 0 Å². The van der Waals surface area contributed by atoms with Gasteiger partial charge in [0, 0.05) is 6.04 Å². The van der Waals surface area contributed by atoms with Gasteiger partial charge in [0.15, 0.2) is 0 Å². The minimum absolute atomic E-state index is 0.513. The van der Waals surface area contributed by atoms with Gasteiger partial charge in [-0.15, -0.1) is 0 Å². The van der Waals surface area contributed by atoms with Crippen LogP contribution in [0, 0.1) is 19.8 Å². The topological polar surface area (TPSA) is 12.0 Å². The lowest BCUT2D eigenvalue weighted by atomic mass is 9.92. The lowest BCUT2D eigenvalue weighted by Gasteiger charge is -2.23. The first-order chi connectivity index (χ1) is 8.58. The van der Waals surface area contributed by atoms with Crippen molar-refractivity contribution in [3.8, 4) is 0 Å². The van der Waals surface area contributed by atoms with Crippen molar-refractivity contribution in [2.24, 2.45) is 5.92 Å². The molecule has 1 rings (SSSR count). The van der Waals surface area contributed by atoms with Gasteiger partial charge < -0.3 is 5.32 Å². The van der Waals surface area contributed by atoms with E-state index in [2.05, 4.69) is 58.1 Å². The van der Waals surface area contributed by atoms with E-state index < -0.39 is 0 Å². The van der Waals surface area contributed by atoms with Crippen LogP contribution in [0.2, 0.25) is 0 Å². The number of aryl methyl sites for hydroxylation is 2. The van der Waals surface area contributed by atoms with E-state index in [1.165, 1.54) is 36.0 Å². The third kappa shape index (κ3) is 4.45. The van der Waals surface area contributed by atoms with Crippen molar-refractivity contribution in [3.05, 3.63) is 34.9 Å². The summed E-state index contributed by atoms with van der Waals surface area (Å²) in [6, 6.07) is 7.41. The first kappa shape index (κ1) is 15.2. The van der Waals surface area contributed by atoms with E-state index in [4.69, 9.17) is 0 Å². The highest BCUT2D eigenvalue weighted by molar-refractivity contribution is 5.31. The van der Waals surface area contributed by atoms with Crippen molar-refractivity contribution in [1.29, 1.82) is 0 Å². The highest BCUT2D eigenvalue weighted by Gasteiger charge is 2.14. The molecule has 0 amide bonds. The van der Waals surface area contributed by atoms with E-state index >= 15 is 0 Å². The van der Waals surface area contributed by atoms with Gasteiger partial charge in [0.05, 0.1) is 0 Å². The summed E-state index contributed by atoms with van der Waals surface area (Å²) in [7, 11) is 0. The molecule has 18 heavy (non-hydrogen) atoms. The molecule has 0 fully saturated rings. The number of benzene rings is 1. The molecule has 0 bridgehead atoms. The second-order valence-electron chi connectivity index (χ2n) is 5.60. The summed E-state index contributed by atoms with van der Waals surface area (Å²) < 4.78 is 0. The molecule has 0 aliphatic heterocycles. The predicted octanol–water partition coefficient (Wildman–Crippen LogP) is 4.78. The van der Waals surface area contributed by atoms with E-state index in [0.717, 1.165) is 12.5 Å². The summed E-state index contributed by atoms with van der Waals surface area (Å²) in [5.41, 5.74) is 4.24. The Kier molecular flexibility index (Phi) is 6.42. The highest BCUT2D eigenvalue weighted by atomic mass is 14.9. The fourth-order valence-electron chi connectivity index (χ4n) is 2.21. The molecule has 0 radical (unpaired) electrons. The Balaban J connectivity index is 2.82. The van der Waals surface area contributed by atoms with Gasteiger partial charge in [-0.2, -0.15) is 0 Å². The molecule has 1 aromatic carbocycles. The molecule has 2 unspecified atom stereocenters. The smallest absolute Gasteiger partial charge is 0.0322 e. The highest BCUT2D eigenvalue weighted by Crippen LogP contribution is 2.24. The van der Waals surface area contributed by atoms with Crippen molar-refractivity contribution < 1.29 is 0 Å². The molecule has 0 aliphatic carbocycles. The van der Waals surface area contributed by atoms with Crippen molar-refractivity contribution in [2.45, 2.75) is 59.9 Å². The Labute approximate surface area is 113 Å². The quantitative estimate of drug-likeness (QED) is 0.731. The van der Waals surface area contributed by atoms with Crippen LogP contribution in [0.25, 0.3) is 0 Å². The van der Waals surface area contributed by atoms with Crippen LogP contribution in [0.1, 0.15) is 62.8 Å². The van der Waals surface area contributed by atoms with Crippen LogP contribution in [-0.4, -0.2) is 6.54 Å². The average molecular weight is 247 g/mol. The van der Waals surface area contributed by atoms with E-state index in [-0.39, 0.29) is 0 Å². The van der Waals surface area contributed by atoms with Crippen LogP contribution >= 0.6 is 0 Å². The Morgan fingerprint density at radius 1 is 1.11 bits per heavy atom. The average Bonchev–Trinajstić information content (AvgIpc) is 2.37. The molecule has 0 saturated carbocycles. The zero-order valence-electron chi connectivity index (χ0n) is 12.7. The predicted molar refractivity (Wildman–Crippen MR) is 81.0 cm³/mol. The number of rotatable bonds is 7. The third-order valence-corrected chi connectivity index (χ3v) is 3.91. The van der Waals surface area contributed by atoms with Crippen LogP contribution in [0.15, 0.2) is 18.2 Å². The first-order valence-corrected chi connectivity index (χ1v) is 7.39. The summed E-state index contributed by atoms with van der Waals surface area (Å²) in [6.07, 6.45) is 3.69. The second-order valence-corrected chi connectivity index (χ2v) is 5.60. The monoisotopic (exact) mass is 247 g/mol. The number of nitrogens with one attached hydrogen (secondary N) is 1. The van der Waals surface area contributed by atoms with Crippen molar-refractivity contribution in [3.63, 3.8) is 0 Å². The Hall–Kier alpha value is -0.820. The molecular weight excluding hydrogens is 218 g/mol. The van der Waals surface area contributed by atoms with E-state index in [9.17, 15) is 0 Å². The number of hydrogen-bond donors (Lipinski definition) is 1. The molecule has 0 aromatic heterocycles. The maximum Gasteiger partial charge on any atom is 0.0322 e. The minimum Gasteiger partial charge on any atom is -0.310 e. The minimum atomic E-state index is 0.513. The fourth-order valence-corrected chi connectivity index (χ4v) is 2.21. The van der Waals surface area contributed by atoms with Crippen LogP contribution in [-0.2, 0) is 0 Å². The van der Waals surface area contributed by atoms with E-state index in [1.807, 2.05) is 0 Å². The molecule has 1 heteroatoms.